The van der Waals surface area contributed by atoms with Gasteiger partial charge in [0.25, 0.3) is 5.91 Å². The van der Waals surface area contributed by atoms with Gasteiger partial charge in [0.15, 0.2) is 5.82 Å². The minimum Gasteiger partial charge on any atom is -0.386 e. The molecule has 152 valence electrons. The van der Waals surface area contributed by atoms with Gasteiger partial charge < -0.3 is 10.0 Å². The second-order valence-corrected chi connectivity index (χ2v) is 8.13. The first-order valence-electron chi connectivity index (χ1n) is 9.87. The summed E-state index contributed by atoms with van der Waals surface area (Å²) < 4.78 is 3.49. The van der Waals surface area contributed by atoms with Crippen LogP contribution < -0.4 is 0 Å². The van der Waals surface area contributed by atoms with E-state index in [9.17, 15) is 9.90 Å². The van der Waals surface area contributed by atoms with Crippen LogP contribution in [-0.4, -0.2) is 53.0 Å². The molecular weight excluding hydrogens is 368 g/mol. The molecule has 4 heterocycles. The number of likely N-dealkylation sites (tertiary alicyclic amines) is 1. The van der Waals surface area contributed by atoms with Gasteiger partial charge >= 0.3 is 0 Å². The first-order chi connectivity index (χ1) is 13.8. The van der Waals surface area contributed by atoms with Crippen molar-refractivity contribution < 1.29 is 9.90 Å². The SMILES string of the molecule is C[C@@H]1CC[C@@H](n2cc(C(C)(C)O)cn2)CN1C(=O)c1cccnc1-n1cccn1. The molecule has 0 aliphatic carbocycles. The number of pyridine rings is 1. The zero-order valence-electron chi connectivity index (χ0n) is 16.9. The van der Waals surface area contributed by atoms with E-state index in [1.54, 1.807) is 61.5 Å². The second kappa shape index (κ2) is 7.44. The number of amides is 1. The fourth-order valence-electron chi connectivity index (χ4n) is 3.74. The molecule has 0 saturated carbocycles. The van der Waals surface area contributed by atoms with Crippen molar-refractivity contribution in [2.45, 2.75) is 51.3 Å². The predicted molar refractivity (Wildman–Crippen MR) is 108 cm³/mol. The molecule has 0 radical (unpaired) electrons. The average Bonchev–Trinajstić information content (AvgIpc) is 3.40. The van der Waals surface area contributed by atoms with Gasteiger partial charge in [-0.2, -0.15) is 10.2 Å². The molecule has 1 aliphatic heterocycles. The van der Waals surface area contributed by atoms with Gasteiger partial charge in [-0.15, -0.1) is 0 Å². The quantitative estimate of drug-likeness (QED) is 0.735. The van der Waals surface area contributed by atoms with Gasteiger partial charge in [0.1, 0.15) is 0 Å². The average molecular weight is 394 g/mol. The maximum Gasteiger partial charge on any atom is 0.258 e. The molecule has 0 spiro atoms. The minimum absolute atomic E-state index is 0.0596. The zero-order chi connectivity index (χ0) is 20.6. The Bertz CT molecular complexity index is 989. The number of rotatable bonds is 4. The van der Waals surface area contributed by atoms with E-state index in [4.69, 9.17) is 0 Å². The van der Waals surface area contributed by atoms with Crippen molar-refractivity contribution in [3.63, 3.8) is 0 Å². The first kappa shape index (κ1) is 19.3. The van der Waals surface area contributed by atoms with Crippen LogP contribution in [0.15, 0.2) is 49.2 Å². The van der Waals surface area contributed by atoms with Crippen molar-refractivity contribution >= 4 is 5.91 Å². The molecule has 0 aromatic carbocycles. The Morgan fingerprint density at radius 2 is 2.03 bits per heavy atom. The van der Waals surface area contributed by atoms with Crippen molar-refractivity contribution in [2.75, 3.05) is 6.54 Å². The van der Waals surface area contributed by atoms with Crippen LogP contribution in [0.4, 0.5) is 0 Å². The second-order valence-electron chi connectivity index (χ2n) is 8.13. The highest BCUT2D eigenvalue weighted by Crippen LogP contribution is 2.29. The number of hydrogen-bond donors (Lipinski definition) is 1. The Morgan fingerprint density at radius 1 is 1.21 bits per heavy atom. The Labute approximate surface area is 169 Å². The lowest BCUT2D eigenvalue weighted by Gasteiger charge is -2.38. The smallest absolute Gasteiger partial charge is 0.258 e. The van der Waals surface area contributed by atoms with Crippen LogP contribution in [0.1, 0.15) is 55.6 Å². The summed E-state index contributed by atoms with van der Waals surface area (Å²) in [6, 6.07) is 5.56. The lowest BCUT2D eigenvalue weighted by atomic mass is 9.98. The maximum atomic E-state index is 13.4. The third kappa shape index (κ3) is 3.80. The summed E-state index contributed by atoms with van der Waals surface area (Å²) in [7, 11) is 0. The lowest BCUT2D eigenvalue weighted by Crippen LogP contribution is -2.46. The maximum absolute atomic E-state index is 13.4. The molecular formula is C21H26N6O2. The fourth-order valence-corrected chi connectivity index (χ4v) is 3.74. The summed E-state index contributed by atoms with van der Waals surface area (Å²) in [5, 5.41) is 18.9. The highest BCUT2D eigenvalue weighted by atomic mass is 16.3. The molecule has 8 heteroatoms. The van der Waals surface area contributed by atoms with Gasteiger partial charge in [0.2, 0.25) is 0 Å². The number of aliphatic hydroxyl groups is 1. The molecule has 3 aromatic rings. The first-order valence-corrected chi connectivity index (χ1v) is 9.87. The monoisotopic (exact) mass is 394 g/mol. The number of piperidine rings is 1. The largest absolute Gasteiger partial charge is 0.386 e. The molecule has 8 nitrogen and oxygen atoms in total. The van der Waals surface area contributed by atoms with Crippen molar-refractivity contribution in [1.82, 2.24) is 29.4 Å². The van der Waals surface area contributed by atoms with Crippen LogP contribution in [-0.2, 0) is 5.60 Å². The zero-order valence-corrected chi connectivity index (χ0v) is 16.9. The number of nitrogens with zero attached hydrogens (tertiary/aromatic N) is 6. The van der Waals surface area contributed by atoms with Gasteiger partial charge in [0.05, 0.1) is 23.4 Å². The summed E-state index contributed by atoms with van der Waals surface area (Å²) in [5.41, 5.74) is 0.355. The number of carbonyl (C=O) groups is 1. The van der Waals surface area contributed by atoms with E-state index in [2.05, 4.69) is 22.1 Å². The van der Waals surface area contributed by atoms with Crippen LogP contribution >= 0.6 is 0 Å². The van der Waals surface area contributed by atoms with Crippen LogP contribution in [0.25, 0.3) is 5.82 Å². The van der Waals surface area contributed by atoms with Gasteiger partial charge in [-0.3, -0.25) is 9.48 Å². The van der Waals surface area contributed by atoms with Gasteiger partial charge in [-0.05, 0) is 51.8 Å². The molecule has 1 amide bonds. The van der Waals surface area contributed by atoms with Crippen molar-refractivity contribution in [3.8, 4) is 5.82 Å². The van der Waals surface area contributed by atoms with Crippen LogP contribution in [0.5, 0.6) is 0 Å². The Morgan fingerprint density at radius 3 is 2.72 bits per heavy atom. The number of aromatic nitrogens is 5. The molecule has 1 fully saturated rings. The highest BCUT2D eigenvalue weighted by molar-refractivity contribution is 5.97. The molecule has 2 atom stereocenters. The molecule has 0 bridgehead atoms. The topological polar surface area (TPSA) is 89.1 Å². The normalized spacial score (nSPS) is 20.1. The summed E-state index contributed by atoms with van der Waals surface area (Å²) >= 11 is 0. The molecule has 29 heavy (non-hydrogen) atoms. The standard InChI is InChI=1S/C21H26N6O2/c1-15-7-8-17(27-13-16(12-24-27)21(2,3)29)14-25(15)20(28)18-6-4-9-22-19(18)26-11-5-10-23-26/h4-6,9-13,15,17,29H,7-8,14H2,1-3H3/t15-,17-/m1/s1. The van der Waals surface area contributed by atoms with E-state index in [0.717, 1.165) is 18.4 Å². The van der Waals surface area contributed by atoms with Gasteiger partial charge in [-0.1, -0.05) is 0 Å². The Kier molecular flexibility index (Phi) is 4.96. The molecule has 0 unspecified atom stereocenters. The van der Waals surface area contributed by atoms with E-state index < -0.39 is 5.60 Å². The summed E-state index contributed by atoms with van der Waals surface area (Å²) in [6.45, 7) is 6.11. The molecule has 1 saturated heterocycles. The number of carbonyl (C=O) groups excluding carboxylic acids is 1. The predicted octanol–water partition coefficient (Wildman–Crippen LogP) is 2.56. The molecule has 3 aromatic heterocycles. The van der Waals surface area contributed by atoms with Crippen LogP contribution in [0, 0.1) is 0 Å². The van der Waals surface area contributed by atoms with E-state index in [1.807, 2.05) is 15.8 Å². The van der Waals surface area contributed by atoms with Crippen molar-refractivity contribution in [2.24, 2.45) is 0 Å². The van der Waals surface area contributed by atoms with E-state index in [0.29, 0.717) is 17.9 Å². The van der Waals surface area contributed by atoms with Gasteiger partial charge in [-0.25, -0.2) is 9.67 Å². The van der Waals surface area contributed by atoms with Crippen molar-refractivity contribution in [3.05, 3.63) is 60.3 Å². The van der Waals surface area contributed by atoms with E-state index in [-0.39, 0.29) is 18.0 Å². The highest BCUT2D eigenvalue weighted by Gasteiger charge is 2.32. The van der Waals surface area contributed by atoms with Gasteiger partial charge in [0, 0.05) is 42.9 Å². The summed E-state index contributed by atoms with van der Waals surface area (Å²) in [5.74, 6) is 0.468. The third-order valence-electron chi connectivity index (χ3n) is 5.54. The Balaban J connectivity index is 1.60. The third-order valence-corrected chi connectivity index (χ3v) is 5.54. The molecule has 1 N–H and O–H groups in total. The van der Waals surface area contributed by atoms with Crippen LogP contribution in [0.3, 0.4) is 0 Å². The minimum atomic E-state index is -0.940. The number of hydrogen-bond acceptors (Lipinski definition) is 5. The van der Waals surface area contributed by atoms with E-state index in [1.165, 1.54) is 0 Å². The van der Waals surface area contributed by atoms with E-state index >= 15 is 0 Å². The molecule has 1 aliphatic rings. The van der Waals surface area contributed by atoms with Crippen LogP contribution in [0.2, 0.25) is 0 Å². The summed E-state index contributed by atoms with van der Waals surface area (Å²) in [6.07, 6.45) is 10.5. The fraction of sp³-hybridized carbons (Fsp3) is 0.429. The lowest BCUT2D eigenvalue weighted by molar-refractivity contribution is 0.0556. The molecule has 4 rings (SSSR count). The summed E-state index contributed by atoms with van der Waals surface area (Å²) in [4.78, 5) is 19.7. The van der Waals surface area contributed by atoms with Crippen molar-refractivity contribution in [1.29, 1.82) is 0 Å². The Hall–Kier alpha value is -3.00.